The quantitative estimate of drug-likeness (QED) is 0.153. The zero-order valence-electron chi connectivity index (χ0n) is 25.5. The molecular formula is C36H46O5. The van der Waals surface area contributed by atoms with Gasteiger partial charge in [-0.1, -0.05) is 63.9 Å². The first-order valence-electron chi connectivity index (χ1n) is 15.4. The van der Waals surface area contributed by atoms with Gasteiger partial charge in [-0.15, -0.1) is 0 Å². The van der Waals surface area contributed by atoms with Crippen LogP contribution >= 0.6 is 0 Å². The van der Waals surface area contributed by atoms with Crippen molar-refractivity contribution in [3.8, 4) is 11.1 Å². The molecule has 0 spiro atoms. The summed E-state index contributed by atoms with van der Waals surface area (Å²) in [5, 5.41) is 0. The third-order valence-corrected chi connectivity index (χ3v) is 8.56. The van der Waals surface area contributed by atoms with Crippen LogP contribution in [0, 0.1) is 24.7 Å². The van der Waals surface area contributed by atoms with Gasteiger partial charge in [-0.25, -0.2) is 0 Å². The number of carbonyl (C=O) groups is 5. The molecule has 41 heavy (non-hydrogen) atoms. The van der Waals surface area contributed by atoms with Crippen LogP contribution in [0.25, 0.3) is 11.1 Å². The molecule has 220 valence electrons. The van der Waals surface area contributed by atoms with E-state index in [-0.39, 0.29) is 65.9 Å². The van der Waals surface area contributed by atoms with Gasteiger partial charge in [0.1, 0.15) is 17.3 Å². The van der Waals surface area contributed by atoms with Crippen LogP contribution in [0.5, 0.6) is 0 Å². The normalized spacial score (nSPS) is 16.1. The van der Waals surface area contributed by atoms with E-state index in [1.807, 2.05) is 51.1 Å². The summed E-state index contributed by atoms with van der Waals surface area (Å²) in [4.78, 5) is 63.1. The van der Waals surface area contributed by atoms with E-state index in [0.717, 1.165) is 59.9 Å². The number of fused-ring (bicyclic) bond motifs is 1. The van der Waals surface area contributed by atoms with E-state index in [0.29, 0.717) is 24.8 Å². The molecule has 5 heteroatoms. The summed E-state index contributed by atoms with van der Waals surface area (Å²) in [6, 6.07) is 11.6. The molecule has 0 bridgehead atoms. The Morgan fingerprint density at radius 3 is 2.34 bits per heavy atom. The molecule has 0 aromatic heterocycles. The van der Waals surface area contributed by atoms with Crippen LogP contribution in [0.3, 0.4) is 0 Å². The molecule has 0 aliphatic heterocycles. The van der Waals surface area contributed by atoms with Crippen molar-refractivity contribution in [2.45, 2.75) is 105 Å². The van der Waals surface area contributed by atoms with E-state index >= 15 is 0 Å². The first kappa shape index (κ1) is 32.3. The van der Waals surface area contributed by atoms with Crippen molar-refractivity contribution in [1.29, 1.82) is 0 Å². The van der Waals surface area contributed by atoms with Gasteiger partial charge in [0.25, 0.3) is 0 Å². The lowest BCUT2D eigenvalue weighted by atomic mass is 9.71. The zero-order chi connectivity index (χ0) is 30.1. The van der Waals surface area contributed by atoms with E-state index in [2.05, 4.69) is 6.92 Å². The average molecular weight is 559 g/mol. The monoisotopic (exact) mass is 558 g/mol. The molecule has 1 aliphatic rings. The molecule has 3 atom stereocenters. The fraction of sp³-hybridized carbons (Fsp3) is 0.528. The van der Waals surface area contributed by atoms with Gasteiger partial charge < -0.3 is 0 Å². The Morgan fingerprint density at radius 2 is 1.68 bits per heavy atom. The predicted octanol–water partition coefficient (Wildman–Crippen LogP) is 8.12. The zero-order valence-corrected chi connectivity index (χ0v) is 25.5. The highest BCUT2D eigenvalue weighted by Crippen LogP contribution is 2.40. The summed E-state index contributed by atoms with van der Waals surface area (Å²) < 4.78 is 0. The van der Waals surface area contributed by atoms with Crippen molar-refractivity contribution in [3.05, 3.63) is 58.7 Å². The van der Waals surface area contributed by atoms with Gasteiger partial charge in [0.2, 0.25) is 0 Å². The predicted molar refractivity (Wildman–Crippen MR) is 163 cm³/mol. The Hall–Kier alpha value is -3.21. The van der Waals surface area contributed by atoms with Gasteiger partial charge in [-0.05, 0) is 79.7 Å². The first-order chi connectivity index (χ1) is 19.6. The van der Waals surface area contributed by atoms with Crippen molar-refractivity contribution in [3.63, 3.8) is 0 Å². The van der Waals surface area contributed by atoms with E-state index in [9.17, 15) is 24.0 Å². The second-order valence-electron chi connectivity index (χ2n) is 11.9. The van der Waals surface area contributed by atoms with Crippen molar-refractivity contribution >= 4 is 28.9 Å². The number of aryl methyl sites for hydroxylation is 1. The minimum Gasteiger partial charge on any atom is -0.300 e. The largest absolute Gasteiger partial charge is 0.300 e. The Kier molecular flexibility index (Phi) is 11.9. The topological polar surface area (TPSA) is 85.3 Å². The number of hydrogen-bond acceptors (Lipinski definition) is 5. The number of Topliss-reactive ketones (excluding diaryl/α,β-unsaturated/α-hetero) is 5. The Morgan fingerprint density at radius 1 is 0.927 bits per heavy atom. The number of rotatable bonds is 16. The van der Waals surface area contributed by atoms with Gasteiger partial charge in [0.05, 0.1) is 6.42 Å². The van der Waals surface area contributed by atoms with Gasteiger partial charge in [0, 0.05) is 42.7 Å². The Balaban J connectivity index is 1.90. The third-order valence-electron chi connectivity index (χ3n) is 8.56. The van der Waals surface area contributed by atoms with E-state index in [1.54, 1.807) is 6.07 Å². The first-order valence-corrected chi connectivity index (χ1v) is 15.4. The molecule has 0 heterocycles. The van der Waals surface area contributed by atoms with Crippen LogP contribution in [0.15, 0.2) is 36.4 Å². The minimum atomic E-state index is -0.167. The van der Waals surface area contributed by atoms with Crippen molar-refractivity contribution in [1.82, 2.24) is 0 Å². The molecule has 3 rings (SSSR count). The van der Waals surface area contributed by atoms with Crippen LogP contribution in [0.2, 0.25) is 0 Å². The van der Waals surface area contributed by atoms with Crippen molar-refractivity contribution in [2.75, 3.05) is 0 Å². The van der Waals surface area contributed by atoms with Crippen LogP contribution < -0.4 is 0 Å². The maximum atomic E-state index is 13.5. The molecule has 5 nitrogen and oxygen atoms in total. The number of benzene rings is 2. The van der Waals surface area contributed by atoms with Gasteiger partial charge in [-0.3, -0.25) is 24.0 Å². The number of ketones is 5. The molecule has 0 saturated heterocycles. The maximum absolute atomic E-state index is 13.5. The average Bonchev–Trinajstić information content (AvgIpc) is 2.92. The molecule has 1 aliphatic carbocycles. The lowest BCUT2D eigenvalue weighted by molar-refractivity contribution is -0.130. The second kappa shape index (κ2) is 15.1. The van der Waals surface area contributed by atoms with Gasteiger partial charge >= 0.3 is 0 Å². The summed E-state index contributed by atoms with van der Waals surface area (Å²) in [7, 11) is 0. The molecule has 0 fully saturated rings. The highest BCUT2D eigenvalue weighted by Gasteiger charge is 2.34. The molecule has 3 unspecified atom stereocenters. The molecule has 0 radical (unpaired) electrons. The second-order valence-corrected chi connectivity index (χ2v) is 11.9. The highest BCUT2D eigenvalue weighted by atomic mass is 16.2. The van der Waals surface area contributed by atoms with E-state index in [4.69, 9.17) is 0 Å². The van der Waals surface area contributed by atoms with Crippen molar-refractivity contribution in [2.24, 2.45) is 17.8 Å². The SMILES string of the molecule is CCCC(=O)CCC(=O)c1cccc(-c2ccc(C)c3c2CC(CC(CCC)C(CC)C(=O)CC(C)=O)CC3=O)c1. The van der Waals surface area contributed by atoms with Gasteiger partial charge in [-0.2, -0.15) is 0 Å². The van der Waals surface area contributed by atoms with Crippen LogP contribution in [0.1, 0.15) is 124 Å². The summed E-state index contributed by atoms with van der Waals surface area (Å²) in [5.74, 6) is 0.212. The molecule has 0 N–H and O–H groups in total. The molecule has 0 amide bonds. The summed E-state index contributed by atoms with van der Waals surface area (Å²) >= 11 is 0. The highest BCUT2D eigenvalue weighted by molar-refractivity contribution is 6.03. The summed E-state index contributed by atoms with van der Waals surface area (Å²) in [5.41, 5.74) is 5.21. The fourth-order valence-electron chi connectivity index (χ4n) is 6.67. The van der Waals surface area contributed by atoms with Crippen LogP contribution in [-0.4, -0.2) is 28.9 Å². The van der Waals surface area contributed by atoms with Crippen LogP contribution in [-0.2, 0) is 20.8 Å². The number of carbonyl (C=O) groups excluding carboxylic acids is 5. The lowest BCUT2D eigenvalue weighted by Crippen LogP contribution is -2.30. The lowest BCUT2D eigenvalue weighted by Gasteiger charge is -2.32. The standard InChI is InChI=1S/C36H46O5/c1-6-10-26(30(8-3)34(40)18-24(5)37)19-25-20-32-31(16-14-23(4)36(32)35(41)21-25)27-12-9-13-28(22-27)33(39)17-15-29(38)11-7-2/h9,12-14,16,22,25-26,30H,6-8,10-11,15,17-21H2,1-5H3. The fourth-order valence-corrected chi connectivity index (χ4v) is 6.67. The smallest absolute Gasteiger partial charge is 0.163 e. The van der Waals surface area contributed by atoms with Crippen LogP contribution in [0.4, 0.5) is 0 Å². The third kappa shape index (κ3) is 8.40. The molecular weight excluding hydrogens is 512 g/mol. The maximum Gasteiger partial charge on any atom is 0.163 e. The molecule has 2 aromatic carbocycles. The van der Waals surface area contributed by atoms with E-state index in [1.165, 1.54) is 6.92 Å². The summed E-state index contributed by atoms with van der Waals surface area (Å²) in [6.45, 7) is 9.53. The Labute approximate surface area is 245 Å². The summed E-state index contributed by atoms with van der Waals surface area (Å²) in [6.07, 6.45) is 6.24. The minimum absolute atomic E-state index is 0.0175. The molecule has 2 aromatic rings. The molecule has 0 saturated carbocycles. The van der Waals surface area contributed by atoms with Crippen molar-refractivity contribution < 1.29 is 24.0 Å². The van der Waals surface area contributed by atoms with E-state index < -0.39 is 0 Å². The van der Waals surface area contributed by atoms with Gasteiger partial charge in [0.15, 0.2) is 11.6 Å². The number of hydrogen-bond donors (Lipinski definition) is 0. The Bertz CT molecular complexity index is 1290.